The van der Waals surface area contributed by atoms with Crippen LogP contribution in [0.4, 0.5) is 8.78 Å². The van der Waals surface area contributed by atoms with Gasteiger partial charge in [0.2, 0.25) is 0 Å². The van der Waals surface area contributed by atoms with Crippen LogP contribution in [0.3, 0.4) is 0 Å². The summed E-state index contributed by atoms with van der Waals surface area (Å²) in [4.78, 5) is 0. The van der Waals surface area contributed by atoms with Gasteiger partial charge in [-0.15, -0.1) is 0 Å². The quantitative estimate of drug-likeness (QED) is 0.748. The van der Waals surface area contributed by atoms with Crippen molar-refractivity contribution in [3.8, 4) is 6.07 Å². The van der Waals surface area contributed by atoms with Crippen molar-refractivity contribution >= 4 is 0 Å². The molecule has 3 nitrogen and oxygen atoms in total. The molecule has 1 atom stereocenters. The highest BCUT2D eigenvalue weighted by atomic mass is 19.1. The van der Waals surface area contributed by atoms with E-state index in [2.05, 4.69) is 5.32 Å². The first-order valence-corrected chi connectivity index (χ1v) is 4.87. The van der Waals surface area contributed by atoms with Crippen LogP contribution in [0.15, 0.2) is 18.2 Å². The zero-order valence-electron chi connectivity index (χ0n) is 8.58. The van der Waals surface area contributed by atoms with E-state index < -0.39 is 17.7 Å². The van der Waals surface area contributed by atoms with Crippen molar-refractivity contribution in [2.24, 2.45) is 0 Å². The van der Waals surface area contributed by atoms with E-state index in [1.54, 1.807) is 0 Å². The van der Waals surface area contributed by atoms with E-state index in [0.717, 1.165) is 18.2 Å². The second kappa shape index (κ2) is 6.16. The summed E-state index contributed by atoms with van der Waals surface area (Å²) >= 11 is 0. The molecule has 0 aromatic heterocycles. The van der Waals surface area contributed by atoms with E-state index in [4.69, 9.17) is 10.4 Å². The highest BCUT2D eigenvalue weighted by molar-refractivity contribution is 5.25. The van der Waals surface area contributed by atoms with Crippen molar-refractivity contribution in [3.05, 3.63) is 35.4 Å². The standard InChI is InChI=1S/C11H12F2N2O/c12-9-4-8(5-10(13)6-9)11(7-14)15-2-1-3-16/h4-6,11,15-16H,1-3H2. The number of hydrogen-bond donors (Lipinski definition) is 2. The average molecular weight is 226 g/mol. The van der Waals surface area contributed by atoms with E-state index in [1.807, 2.05) is 6.07 Å². The van der Waals surface area contributed by atoms with Crippen LogP contribution in [0.25, 0.3) is 0 Å². The van der Waals surface area contributed by atoms with Crippen molar-refractivity contribution in [1.82, 2.24) is 5.32 Å². The fourth-order valence-electron chi connectivity index (χ4n) is 1.31. The number of aliphatic hydroxyl groups is 1. The van der Waals surface area contributed by atoms with Crippen molar-refractivity contribution in [3.63, 3.8) is 0 Å². The fourth-order valence-corrected chi connectivity index (χ4v) is 1.31. The Morgan fingerprint density at radius 2 is 1.94 bits per heavy atom. The van der Waals surface area contributed by atoms with Gasteiger partial charge in [0.1, 0.15) is 17.7 Å². The molecule has 0 saturated carbocycles. The number of nitrogens with zero attached hydrogens (tertiary/aromatic N) is 1. The lowest BCUT2D eigenvalue weighted by Crippen LogP contribution is -2.22. The molecule has 2 N–H and O–H groups in total. The monoisotopic (exact) mass is 226 g/mol. The van der Waals surface area contributed by atoms with E-state index >= 15 is 0 Å². The van der Waals surface area contributed by atoms with E-state index in [9.17, 15) is 8.78 Å². The Morgan fingerprint density at radius 1 is 1.31 bits per heavy atom. The zero-order valence-corrected chi connectivity index (χ0v) is 8.58. The molecule has 0 aliphatic heterocycles. The van der Waals surface area contributed by atoms with Crippen LogP contribution < -0.4 is 5.32 Å². The summed E-state index contributed by atoms with van der Waals surface area (Å²) in [5, 5.41) is 20.2. The maximum Gasteiger partial charge on any atom is 0.126 e. The summed E-state index contributed by atoms with van der Waals surface area (Å²) in [5.41, 5.74) is 0.248. The minimum atomic E-state index is -0.767. The van der Waals surface area contributed by atoms with Crippen molar-refractivity contribution in [1.29, 1.82) is 5.26 Å². The van der Waals surface area contributed by atoms with E-state index in [1.165, 1.54) is 0 Å². The molecule has 5 heteroatoms. The molecule has 16 heavy (non-hydrogen) atoms. The molecule has 1 rings (SSSR count). The molecule has 0 amide bonds. The minimum Gasteiger partial charge on any atom is -0.396 e. The normalized spacial score (nSPS) is 12.1. The van der Waals surface area contributed by atoms with Gasteiger partial charge < -0.3 is 5.11 Å². The zero-order chi connectivity index (χ0) is 12.0. The molecule has 0 heterocycles. The predicted octanol–water partition coefficient (Wildman–Crippen LogP) is 1.50. The molecule has 0 aliphatic rings. The van der Waals surface area contributed by atoms with Gasteiger partial charge in [0.05, 0.1) is 6.07 Å². The van der Waals surface area contributed by atoms with Crippen LogP contribution in [0, 0.1) is 23.0 Å². The summed E-state index contributed by atoms with van der Waals surface area (Å²) in [6, 6.07) is 4.12. The summed E-state index contributed by atoms with van der Waals surface area (Å²) < 4.78 is 25.8. The van der Waals surface area contributed by atoms with Crippen molar-refractivity contribution in [2.75, 3.05) is 13.2 Å². The highest BCUT2D eigenvalue weighted by Crippen LogP contribution is 2.15. The van der Waals surface area contributed by atoms with Gasteiger partial charge >= 0.3 is 0 Å². The number of aliphatic hydroxyl groups excluding tert-OH is 1. The van der Waals surface area contributed by atoms with Crippen LogP contribution in [-0.4, -0.2) is 18.3 Å². The number of nitrogens with one attached hydrogen (secondary N) is 1. The Balaban J connectivity index is 2.75. The van der Waals surface area contributed by atoms with Gasteiger partial charge in [0.25, 0.3) is 0 Å². The van der Waals surface area contributed by atoms with Gasteiger partial charge in [-0.05, 0) is 30.7 Å². The van der Waals surface area contributed by atoms with Crippen LogP contribution in [0.2, 0.25) is 0 Å². The first-order chi connectivity index (χ1) is 7.67. The van der Waals surface area contributed by atoms with Gasteiger partial charge in [-0.25, -0.2) is 8.78 Å². The van der Waals surface area contributed by atoms with Gasteiger partial charge in [-0.2, -0.15) is 5.26 Å². The molecule has 0 radical (unpaired) electrons. The van der Waals surface area contributed by atoms with Gasteiger partial charge in [0, 0.05) is 12.7 Å². The van der Waals surface area contributed by atoms with Gasteiger partial charge in [-0.3, -0.25) is 5.32 Å². The number of nitriles is 1. The molecular weight excluding hydrogens is 214 g/mol. The molecule has 86 valence electrons. The average Bonchev–Trinajstić information content (AvgIpc) is 2.23. The maximum atomic E-state index is 12.9. The number of hydrogen-bond acceptors (Lipinski definition) is 3. The second-order valence-corrected chi connectivity index (χ2v) is 3.30. The van der Waals surface area contributed by atoms with E-state index in [-0.39, 0.29) is 12.2 Å². The van der Waals surface area contributed by atoms with Crippen LogP contribution >= 0.6 is 0 Å². The van der Waals surface area contributed by atoms with Gasteiger partial charge in [0.15, 0.2) is 0 Å². The fraction of sp³-hybridized carbons (Fsp3) is 0.364. The topological polar surface area (TPSA) is 56.0 Å². The lowest BCUT2D eigenvalue weighted by Gasteiger charge is -2.11. The van der Waals surface area contributed by atoms with Crippen molar-refractivity contribution < 1.29 is 13.9 Å². The Morgan fingerprint density at radius 3 is 2.44 bits per heavy atom. The molecule has 0 aliphatic carbocycles. The Bertz CT molecular complexity index is 370. The maximum absolute atomic E-state index is 12.9. The molecule has 0 bridgehead atoms. The summed E-state index contributed by atoms with van der Waals surface area (Å²) in [5.74, 6) is -1.42. The number of rotatable bonds is 5. The van der Waals surface area contributed by atoms with Crippen molar-refractivity contribution in [2.45, 2.75) is 12.5 Å². The lowest BCUT2D eigenvalue weighted by molar-refractivity contribution is 0.285. The summed E-state index contributed by atoms with van der Waals surface area (Å²) in [6.45, 7) is 0.412. The van der Waals surface area contributed by atoms with Gasteiger partial charge in [-0.1, -0.05) is 0 Å². The van der Waals surface area contributed by atoms with Crippen LogP contribution in [-0.2, 0) is 0 Å². The first-order valence-electron chi connectivity index (χ1n) is 4.87. The minimum absolute atomic E-state index is 0.00264. The summed E-state index contributed by atoms with van der Waals surface area (Å²) in [6.07, 6.45) is 0.482. The Labute approximate surface area is 92.3 Å². The number of benzene rings is 1. The molecule has 1 aromatic carbocycles. The SMILES string of the molecule is N#CC(NCCCO)c1cc(F)cc(F)c1. The third-order valence-corrected chi connectivity index (χ3v) is 2.03. The molecule has 0 saturated heterocycles. The largest absolute Gasteiger partial charge is 0.396 e. The first kappa shape index (κ1) is 12.6. The Hall–Kier alpha value is -1.51. The second-order valence-electron chi connectivity index (χ2n) is 3.30. The number of halogens is 2. The van der Waals surface area contributed by atoms with E-state index in [0.29, 0.717) is 13.0 Å². The summed E-state index contributed by atoms with van der Waals surface area (Å²) in [7, 11) is 0. The Kier molecular flexibility index (Phi) is 4.83. The molecule has 1 aromatic rings. The highest BCUT2D eigenvalue weighted by Gasteiger charge is 2.11. The molecular formula is C11H12F2N2O. The van der Waals surface area contributed by atoms with Crippen LogP contribution in [0.5, 0.6) is 0 Å². The van der Waals surface area contributed by atoms with Crippen LogP contribution in [0.1, 0.15) is 18.0 Å². The smallest absolute Gasteiger partial charge is 0.126 e. The third-order valence-electron chi connectivity index (χ3n) is 2.03. The molecule has 0 fully saturated rings. The predicted molar refractivity (Wildman–Crippen MR) is 54.4 cm³/mol. The third kappa shape index (κ3) is 3.57. The molecule has 0 spiro atoms. The molecule has 1 unspecified atom stereocenters. The lowest BCUT2D eigenvalue weighted by atomic mass is 10.1.